The van der Waals surface area contributed by atoms with Crippen molar-refractivity contribution in [1.29, 1.82) is 0 Å². The molecule has 0 bridgehead atoms. The number of ether oxygens (including phenoxy) is 2. The van der Waals surface area contributed by atoms with Crippen LogP contribution in [0.4, 0.5) is 0 Å². The van der Waals surface area contributed by atoms with Crippen LogP contribution in [0.25, 0.3) is 11.0 Å². The second-order valence-corrected chi connectivity index (χ2v) is 8.58. The first-order chi connectivity index (χ1) is 14.8. The van der Waals surface area contributed by atoms with Gasteiger partial charge in [-0.15, -0.1) is 0 Å². The van der Waals surface area contributed by atoms with Crippen molar-refractivity contribution in [2.75, 3.05) is 20.2 Å². The van der Waals surface area contributed by atoms with Crippen LogP contribution in [0.5, 0.6) is 5.75 Å². The second kappa shape index (κ2) is 9.32. The minimum Gasteiger partial charge on any atom is -0.497 e. The number of carbonyl (C=O) groups excluding carboxylic acids is 1. The van der Waals surface area contributed by atoms with Crippen LogP contribution in [0.3, 0.4) is 0 Å². The molecule has 0 unspecified atom stereocenters. The van der Waals surface area contributed by atoms with Crippen LogP contribution in [-0.4, -0.2) is 38.9 Å². The van der Waals surface area contributed by atoms with E-state index in [1.807, 2.05) is 0 Å². The average molecular weight is 445 g/mol. The molecular weight excluding hydrogens is 422 g/mol. The normalized spacial score (nSPS) is 11.6. The van der Waals surface area contributed by atoms with Crippen molar-refractivity contribution in [2.45, 2.75) is 25.3 Å². The summed E-state index contributed by atoms with van der Waals surface area (Å²) in [6.07, 6.45) is 0. The lowest BCUT2D eigenvalue weighted by molar-refractivity contribution is 0.0473. The maximum Gasteiger partial charge on any atom is 0.338 e. The molecule has 0 aliphatic carbocycles. The summed E-state index contributed by atoms with van der Waals surface area (Å²) in [7, 11) is -2.21. The van der Waals surface area contributed by atoms with Crippen molar-refractivity contribution >= 4 is 27.0 Å². The van der Waals surface area contributed by atoms with E-state index in [0.29, 0.717) is 35.4 Å². The van der Waals surface area contributed by atoms with Crippen LogP contribution in [0.15, 0.2) is 62.6 Å². The Morgan fingerprint density at radius 2 is 1.81 bits per heavy atom. The van der Waals surface area contributed by atoms with Gasteiger partial charge in [-0.05, 0) is 30.3 Å². The fourth-order valence-electron chi connectivity index (χ4n) is 3.18. The number of hydrogen-bond acceptors (Lipinski definition) is 7. The Bertz CT molecular complexity index is 1260. The summed E-state index contributed by atoms with van der Waals surface area (Å²) in [5.74, 6) is -0.178. The zero-order valence-corrected chi connectivity index (χ0v) is 18.3. The number of carbonyl (C=O) groups is 1. The van der Waals surface area contributed by atoms with E-state index in [1.54, 1.807) is 32.0 Å². The lowest BCUT2D eigenvalue weighted by atomic mass is 10.1. The summed E-state index contributed by atoms with van der Waals surface area (Å²) in [6, 6.07) is 11.9. The summed E-state index contributed by atoms with van der Waals surface area (Å²) in [6.45, 7) is 3.95. The van der Waals surface area contributed by atoms with E-state index < -0.39 is 21.6 Å². The Morgan fingerprint density at radius 3 is 2.48 bits per heavy atom. The standard InChI is InChI=1S/C22H23NO7S/c1-4-23(5-2)31(26,27)18-8-6-7-15(11-18)22(25)29-14-16-12-21(24)30-20-13-17(28-3)9-10-19(16)20/h6-13H,4-5,14H2,1-3H3. The number of nitrogens with zero attached hydrogens (tertiary/aromatic N) is 1. The van der Waals surface area contributed by atoms with Crippen LogP contribution in [0.2, 0.25) is 0 Å². The maximum absolute atomic E-state index is 12.7. The van der Waals surface area contributed by atoms with Gasteiger partial charge in [0.25, 0.3) is 0 Å². The molecule has 3 aromatic rings. The van der Waals surface area contributed by atoms with Crippen molar-refractivity contribution in [3.05, 3.63) is 70.1 Å². The Balaban J connectivity index is 1.84. The number of methoxy groups -OCH3 is 1. The second-order valence-electron chi connectivity index (χ2n) is 6.65. The van der Waals surface area contributed by atoms with Gasteiger partial charge in [0.1, 0.15) is 17.9 Å². The van der Waals surface area contributed by atoms with Gasteiger partial charge in [-0.1, -0.05) is 19.9 Å². The summed E-state index contributed by atoms with van der Waals surface area (Å²) < 4.78 is 42.4. The molecule has 0 spiro atoms. The molecule has 164 valence electrons. The third kappa shape index (κ3) is 4.78. The highest BCUT2D eigenvalue weighted by atomic mass is 32.2. The molecule has 8 nitrogen and oxygen atoms in total. The van der Waals surface area contributed by atoms with Gasteiger partial charge in [-0.25, -0.2) is 18.0 Å². The van der Waals surface area contributed by atoms with E-state index in [4.69, 9.17) is 13.9 Å². The third-order valence-electron chi connectivity index (χ3n) is 4.81. The molecule has 0 aliphatic heterocycles. The fourth-order valence-corrected chi connectivity index (χ4v) is 4.68. The van der Waals surface area contributed by atoms with Crippen molar-refractivity contribution in [1.82, 2.24) is 4.31 Å². The molecule has 31 heavy (non-hydrogen) atoms. The van der Waals surface area contributed by atoms with Crippen molar-refractivity contribution < 1.29 is 27.1 Å². The lowest BCUT2D eigenvalue weighted by Gasteiger charge is -2.18. The minimum absolute atomic E-state index is 0.0172. The van der Waals surface area contributed by atoms with Gasteiger partial charge in [0.2, 0.25) is 10.0 Å². The van der Waals surface area contributed by atoms with E-state index in [2.05, 4.69) is 0 Å². The zero-order valence-electron chi connectivity index (χ0n) is 17.5. The molecule has 0 saturated heterocycles. The first-order valence-electron chi connectivity index (χ1n) is 9.68. The molecule has 0 aliphatic rings. The van der Waals surface area contributed by atoms with E-state index in [-0.39, 0.29) is 17.1 Å². The van der Waals surface area contributed by atoms with Gasteiger partial charge in [0.05, 0.1) is 17.6 Å². The minimum atomic E-state index is -3.71. The van der Waals surface area contributed by atoms with Crippen LogP contribution < -0.4 is 10.4 Å². The van der Waals surface area contributed by atoms with Crippen LogP contribution in [0, 0.1) is 0 Å². The number of benzene rings is 2. The average Bonchev–Trinajstić information content (AvgIpc) is 2.77. The maximum atomic E-state index is 12.7. The lowest BCUT2D eigenvalue weighted by Crippen LogP contribution is -2.30. The first kappa shape index (κ1) is 22.5. The summed E-state index contributed by atoms with van der Waals surface area (Å²) in [5.41, 5.74) is 0.292. The Labute approximate surface area is 180 Å². The molecule has 0 amide bonds. The highest BCUT2D eigenvalue weighted by Crippen LogP contribution is 2.23. The van der Waals surface area contributed by atoms with Crippen molar-refractivity contribution in [3.63, 3.8) is 0 Å². The summed E-state index contributed by atoms with van der Waals surface area (Å²) >= 11 is 0. The van der Waals surface area contributed by atoms with Crippen LogP contribution >= 0.6 is 0 Å². The van der Waals surface area contributed by atoms with Gasteiger partial charge in [-0.2, -0.15) is 4.31 Å². The quantitative estimate of drug-likeness (QED) is 0.387. The predicted molar refractivity (Wildman–Crippen MR) is 115 cm³/mol. The van der Waals surface area contributed by atoms with Crippen molar-refractivity contribution in [3.8, 4) is 5.75 Å². The van der Waals surface area contributed by atoms with E-state index in [9.17, 15) is 18.0 Å². The third-order valence-corrected chi connectivity index (χ3v) is 6.85. The molecular formula is C22H23NO7S. The van der Waals surface area contributed by atoms with Crippen molar-refractivity contribution in [2.24, 2.45) is 0 Å². The highest BCUT2D eigenvalue weighted by molar-refractivity contribution is 7.89. The monoisotopic (exact) mass is 445 g/mol. The molecule has 3 rings (SSSR count). The zero-order chi connectivity index (χ0) is 22.6. The SMILES string of the molecule is CCN(CC)S(=O)(=O)c1cccc(C(=O)OCc2cc(=O)oc3cc(OC)ccc23)c1. The van der Waals surface area contributed by atoms with Crippen LogP contribution in [0.1, 0.15) is 29.8 Å². The molecule has 1 aromatic heterocycles. The summed E-state index contributed by atoms with van der Waals surface area (Å²) in [5, 5.41) is 0.603. The molecule has 9 heteroatoms. The topological polar surface area (TPSA) is 103 Å². The first-order valence-corrected chi connectivity index (χ1v) is 11.1. The van der Waals surface area contributed by atoms with Gasteiger partial charge >= 0.3 is 11.6 Å². The van der Waals surface area contributed by atoms with Gasteiger partial charge in [0.15, 0.2) is 0 Å². The smallest absolute Gasteiger partial charge is 0.338 e. The Kier molecular flexibility index (Phi) is 6.77. The predicted octanol–water partition coefficient (Wildman–Crippen LogP) is 3.19. The summed E-state index contributed by atoms with van der Waals surface area (Å²) in [4.78, 5) is 24.5. The van der Waals surface area contributed by atoms with Gasteiger partial charge in [0, 0.05) is 36.2 Å². The molecule has 1 heterocycles. The van der Waals surface area contributed by atoms with Crippen LogP contribution in [-0.2, 0) is 21.4 Å². The van der Waals surface area contributed by atoms with E-state index in [1.165, 1.54) is 41.7 Å². The molecule has 0 saturated carbocycles. The molecule has 0 radical (unpaired) electrons. The molecule has 0 N–H and O–H groups in total. The molecule has 0 fully saturated rings. The number of hydrogen-bond donors (Lipinski definition) is 0. The van der Waals surface area contributed by atoms with E-state index in [0.717, 1.165) is 0 Å². The molecule has 2 aromatic carbocycles. The number of fused-ring (bicyclic) bond motifs is 1. The fraction of sp³-hybridized carbons (Fsp3) is 0.273. The Hall–Kier alpha value is -3.17. The Morgan fingerprint density at radius 1 is 1.06 bits per heavy atom. The number of rotatable bonds is 8. The number of sulfonamides is 1. The van der Waals surface area contributed by atoms with Gasteiger partial charge < -0.3 is 13.9 Å². The van der Waals surface area contributed by atoms with E-state index >= 15 is 0 Å². The highest BCUT2D eigenvalue weighted by Gasteiger charge is 2.23. The molecule has 0 atom stereocenters. The number of esters is 1. The van der Waals surface area contributed by atoms with Gasteiger partial charge in [-0.3, -0.25) is 0 Å². The largest absolute Gasteiger partial charge is 0.497 e.